The van der Waals surface area contributed by atoms with Gasteiger partial charge in [0.2, 0.25) is 21.8 Å². The van der Waals surface area contributed by atoms with Gasteiger partial charge in [-0.15, -0.1) is 0 Å². The molecule has 7 nitrogen and oxygen atoms in total. The minimum absolute atomic E-state index is 0.121. The molecule has 190 valence electrons. The van der Waals surface area contributed by atoms with Gasteiger partial charge in [-0.1, -0.05) is 48.9 Å². The normalized spacial score (nSPS) is 26.4. The second kappa shape index (κ2) is 9.16. The fourth-order valence-corrected chi connectivity index (χ4v) is 7.61. The third-order valence-corrected chi connectivity index (χ3v) is 9.71. The third kappa shape index (κ3) is 3.78. The molecular formula is C28H32N2O5S. The summed E-state index contributed by atoms with van der Waals surface area (Å²) in [6.45, 7) is 6.38. The summed E-state index contributed by atoms with van der Waals surface area (Å²) in [5.74, 6) is -1.35. The number of hydrogen-bond donors (Lipinski definition) is 0. The molecule has 2 aromatic carbocycles. The lowest BCUT2D eigenvalue weighted by molar-refractivity contribution is -0.138. The molecule has 2 heterocycles. The van der Waals surface area contributed by atoms with E-state index in [-0.39, 0.29) is 23.3 Å². The zero-order valence-corrected chi connectivity index (χ0v) is 21.9. The van der Waals surface area contributed by atoms with E-state index in [1.807, 2.05) is 38.1 Å². The Morgan fingerprint density at radius 3 is 2.22 bits per heavy atom. The van der Waals surface area contributed by atoms with Gasteiger partial charge in [-0.2, -0.15) is 4.31 Å². The lowest BCUT2D eigenvalue weighted by atomic mass is 9.71. The van der Waals surface area contributed by atoms with E-state index in [4.69, 9.17) is 4.74 Å². The van der Waals surface area contributed by atoms with Gasteiger partial charge in [0.25, 0.3) is 0 Å². The molecule has 0 saturated carbocycles. The van der Waals surface area contributed by atoms with Crippen molar-refractivity contribution in [2.24, 2.45) is 17.8 Å². The topological polar surface area (TPSA) is 84.0 Å². The number of aryl methyl sites for hydroxylation is 2. The number of carbonyl (C=O) groups excluding carboxylic acids is 2. The molecule has 3 aliphatic rings. The maximum atomic E-state index is 14.1. The lowest BCUT2D eigenvalue weighted by Crippen LogP contribution is -2.35. The number of fused-ring (bicyclic) bond motifs is 3. The van der Waals surface area contributed by atoms with Gasteiger partial charge in [0, 0.05) is 25.9 Å². The number of ether oxygens (including phenoxy) is 1. The van der Waals surface area contributed by atoms with E-state index in [0.717, 1.165) is 28.7 Å². The largest absolute Gasteiger partial charge is 0.498 e. The van der Waals surface area contributed by atoms with Crippen molar-refractivity contribution in [3.05, 3.63) is 76.6 Å². The summed E-state index contributed by atoms with van der Waals surface area (Å²) in [7, 11) is -2.39. The number of sulfonamides is 1. The van der Waals surface area contributed by atoms with Crippen LogP contribution in [0.15, 0.2) is 64.8 Å². The quantitative estimate of drug-likeness (QED) is 0.554. The predicted molar refractivity (Wildman–Crippen MR) is 135 cm³/mol. The Hall–Kier alpha value is -2.97. The molecule has 2 aliphatic heterocycles. The van der Waals surface area contributed by atoms with Crippen molar-refractivity contribution in [2.75, 3.05) is 20.2 Å². The molecule has 2 saturated heterocycles. The molecule has 0 aromatic heterocycles. The van der Waals surface area contributed by atoms with Crippen LogP contribution in [0.25, 0.3) is 0 Å². The first-order valence-electron chi connectivity index (χ1n) is 12.5. The highest BCUT2D eigenvalue weighted by molar-refractivity contribution is 7.89. The molecule has 2 amide bonds. The number of likely N-dealkylation sites (tertiary alicyclic amines) is 1. The zero-order valence-electron chi connectivity index (χ0n) is 21.1. The van der Waals surface area contributed by atoms with Gasteiger partial charge < -0.3 is 4.74 Å². The summed E-state index contributed by atoms with van der Waals surface area (Å²) in [5, 5.41) is 0. The van der Waals surface area contributed by atoms with Gasteiger partial charge in [-0.05, 0) is 49.1 Å². The van der Waals surface area contributed by atoms with Crippen molar-refractivity contribution in [1.29, 1.82) is 0 Å². The van der Waals surface area contributed by atoms with Crippen molar-refractivity contribution in [3.8, 4) is 0 Å². The van der Waals surface area contributed by atoms with E-state index in [0.29, 0.717) is 18.8 Å². The molecule has 36 heavy (non-hydrogen) atoms. The number of benzene rings is 2. The molecule has 0 spiro atoms. The molecule has 8 heteroatoms. The van der Waals surface area contributed by atoms with Gasteiger partial charge >= 0.3 is 0 Å². The van der Waals surface area contributed by atoms with Crippen LogP contribution in [0.3, 0.4) is 0 Å². The maximum absolute atomic E-state index is 14.1. The molecule has 0 N–H and O–H groups in total. The highest BCUT2D eigenvalue weighted by atomic mass is 32.2. The smallest absolute Gasteiger partial charge is 0.243 e. The van der Waals surface area contributed by atoms with Crippen LogP contribution in [0.5, 0.6) is 0 Å². The van der Waals surface area contributed by atoms with E-state index in [9.17, 15) is 18.0 Å². The Morgan fingerprint density at radius 2 is 1.61 bits per heavy atom. The summed E-state index contributed by atoms with van der Waals surface area (Å²) in [4.78, 5) is 27.6. The van der Waals surface area contributed by atoms with Crippen molar-refractivity contribution >= 4 is 21.8 Å². The number of nitrogens with zero attached hydrogens (tertiary/aromatic N) is 2. The Labute approximate surface area is 212 Å². The minimum atomic E-state index is -3.90. The predicted octanol–water partition coefficient (Wildman–Crippen LogP) is 3.84. The molecule has 0 unspecified atom stereocenters. The lowest BCUT2D eigenvalue weighted by Gasteiger charge is -2.32. The Morgan fingerprint density at radius 1 is 0.944 bits per heavy atom. The third-order valence-electron chi connectivity index (χ3n) is 7.87. The average Bonchev–Trinajstić information content (AvgIpc) is 3.38. The van der Waals surface area contributed by atoms with Crippen LogP contribution >= 0.6 is 0 Å². The monoisotopic (exact) mass is 508 g/mol. The van der Waals surface area contributed by atoms with Crippen LogP contribution in [-0.2, 0) is 30.8 Å². The number of amides is 2. The van der Waals surface area contributed by atoms with E-state index >= 15 is 0 Å². The summed E-state index contributed by atoms with van der Waals surface area (Å²) in [6, 6.07) is 14.2. The Bertz CT molecular complexity index is 1330. The van der Waals surface area contributed by atoms with Gasteiger partial charge in [0.15, 0.2) is 0 Å². The number of carbonyl (C=O) groups is 2. The minimum Gasteiger partial charge on any atom is -0.498 e. The molecule has 5 rings (SSSR count). The van der Waals surface area contributed by atoms with Crippen LogP contribution in [-0.4, -0.2) is 49.6 Å². The Kier molecular flexibility index (Phi) is 6.29. The standard InChI is InChI=1S/C28H32N2O5S/c1-5-18-9-11-19(12-10-18)26-25-22(16-30(26)36(33,34)20-13-7-17(3)8-14-20)24-21(15-23(25)35-6-2)27(31)29(4)28(24)32/h7-14,21-22,24,26H,5-6,15-16H2,1-4H3/t21-,22-,24-,26-/m0/s1. The van der Waals surface area contributed by atoms with E-state index < -0.39 is 33.8 Å². The number of rotatable bonds is 6. The highest BCUT2D eigenvalue weighted by Gasteiger charge is 2.59. The number of allylic oxidation sites excluding steroid dienone is 1. The summed E-state index contributed by atoms with van der Waals surface area (Å²) >= 11 is 0. The first-order chi connectivity index (χ1) is 17.2. The van der Waals surface area contributed by atoms with Gasteiger partial charge in [0.05, 0.1) is 35.1 Å². The number of hydrogen-bond acceptors (Lipinski definition) is 5. The SMILES string of the molecule is CCOC1=C2[C@@H](CN(S(=O)(=O)c3ccc(C)cc3)[C@H]2c2ccc(CC)cc2)[C@H]2C(=O)N(C)C(=O)[C@H]2C1. The Balaban J connectivity index is 1.70. The van der Waals surface area contributed by atoms with Crippen LogP contribution in [0.4, 0.5) is 0 Å². The highest BCUT2D eigenvalue weighted by Crippen LogP contribution is 2.55. The van der Waals surface area contributed by atoms with Crippen molar-refractivity contribution in [3.63, 3.8) is 0 Å². The second-order valence-corrected chi connectivity index (χ2v) is 11.8. The molecule has 4 atom stereocenters. The van der Waals surface area contributed by atoms with E-state index in [2.05, 4.69) is 6.92 Å². The van der Waals surface area contributed by atoms with Crippen LogP contribution < -0.4 is 0 Å². The van der Waals surface area contributed by atoms with Gasteiger partial charge in [-0.25, -0.2) is 8.42 Å². The zero-order chi connectivity index (χ0) is 25.8. The number of imide groups is 1. The maximum Gasteiger partial charge on any atom is 0.243 e. The van der Waals surface area contributed by atoms with Crippen molar-refractivity contribution in [1.82, 2.24) is 9.21 Å². The summed E-state index contributed by atoms with van der Waals surface area (Å²) < 4.78 is 35.7. The molecule has 1 aliphatic carbocycles. The first-order valence-corrected chi connectivity index (χ1v) is 14.0. The molecule has 2 fully saturated rings. The molecule has 2 aromatic rings. The van der Waals surface area contributed by atoms with Gasteiger partial charge in [-0.3, -0.25) is 14.5 Å². The molecule has 0 bridgehead atoms. The van der Waals surface area contributed by atoms with Crippen LogP contribution in [0.1, 0.15) is 43.0 Å². The van der Waals surface area contributed by atoms with Crippen LogP contribution in [0, 0.1) is 24.7 Å². The second-order valence-electron chi connectivity index (χ2n) is 9.88. The van der Waals surface area contributed by atoms with E-state index in [1.165, 1.54) is 16.3 Å². The summed E-state index contributed by atoms with van der Waals surface area (Å²) in [5.41, 5.74) is 3.77. The fraction of sp³-hybridized carbons (Fsp3) is 0.429. The van der Waals surface area contributed by atoms with Crippen molar-refractivity contribution < 1.29 is 22.7 Å². The average molecular weight is 509 g/mol. The molecular weight excluding hydrogens is 476 g/mol. The van der Waals surface area contributed by atoms with Gasteiger partial charge in [0.1, 0.15) is 0 Å². The first kappa shape index (κ1) is 24.7. The van der Waals surface area contributed by atoms with E-state index in [1.54, 1.807) is 24.3 Å². The van der Waals surface area contributed by atoms with Crippen molar-refractivity contribution in [2.45, 2.75) is 44.6 Å². The summed E-state index contributed by atoms with van der Waals surface area (Å²) in [6.07, 6.45) is 1.18. The molecule has 0 radical (unpaired) electrons. The van der Waals surface area contributed by atoms with Crippen LogP contribution in [0.2, 0.25) is 0 Å². The fourth-order valence-electron chi connectivity index (χ4n) is 5.99.